The summed E-state index contributed by atoms with van der Waals surface area (Å²) in [6.45, 7) is 0.660. The van der Waals surface area contributed by atoms with Gasteiger partial charge in [-0.1, -0.05) is 34.4 Å². The summed E-state index contributed by atoms with van der Waals surface area (Å²) in [5, 5.41) is 8.00. The monoisotopic (exact) mass is 450 g/mol. The maximum Gasteiger partial charge on any atom is 0.231 e. The van der Waals surface area contributed by atoms with Gasteiger partial charge in [0.2, 0.25) is 12.7 Å². The van der Waals surface area contributed by atoms with E-state index in [9.17, 15) is 4.79 Å². The molecule has 0 radical (unpaired) electrons. The summed E-state index contributed by atoms with van der Waals surface area (Å²) in [5.74, 6) is 2.86. The first kappa shape index (κ1) is 19.9. The van der Waals surface area contributed by atoms with E-state index in [0.717, 1.165) is 16.9 Å². The molecule has 0 fully saturated rings. The highest BCUT2D eigenvalue weighted by Gasteiger charge is 2.14. The molecule has 0 spiro atoms. The van der Waals surface area contributed by atoms with E-state index in [1.165, 1.54) is 11.8 Å². The molecule has 0 unspecified atom stereocenters. The van der Waals surface area contributed by atoms with E-state index < -0.39 is 0 Å². The van der Waals surface area contributed by atoms with Crippen molar-refractivity contribution < 1.29 is 18.8 Å². The highest BCUT2D eigenvalue weighted by Crippen LogP contribution is 2.32. The standard InChI is InChI=1S/C20H16Cl2N2O4S/c21-13-2-3-15(16(22)6-13)17-7-14(28-24-17)9-29-10-20(25)23-8-12-1-4-18-19(5-12)27-11-26-18/h1-7H,8-11H2,(H,23,25). The number of hydrogen-bond donors (Lipinski definition) is 1. The van der Waals surface area contributed by atoms with Crippen molar-refractivity contribution in [3.05, 3.63) is 63.8 Å². The molecule has 2 aromatic carbocycles. The zero-order valence-corrected chi connectivity index (χ0v) is 17.4. The Morgan fingerprint density at radius 1 is 1.10 bits per heavy atom. The van der Waals surface area contributed by atoms with Crippen LogP contribution in [-0.4, -0.2) is 23.6 Å². The molecule has 1 amide bonds. The quantitative estimate of drug-likeness (QED) is 0.550. The molecule has 0 aliphatic carbocycles. The largest absolute Gasteiger partial charge is 0.454 e. The average molecular weight is 451 g/mol. The molecular weight excluding hydrogens is 435 g/mol. The van der Waals surface area contributed by atoms with E-state index in [1.807, 2.05) is 24.3 Å². The summed E-state index contributed by atoms with van der Waals surface area (Å²) >= 11 is 13.6. The Balaban J connectivity index is 1.24. The smallest absolute Gasteiger partial charge is 0.231 e. The Morgan fingerprint density at radius 2 is 1.97 bits per heavy atom. The lowest BCUT2D eigenvalue weighted by molar-refractivity contribution is -0.118. The van der Waals surface area contributed by atoms with Crippen molar-refractivity contribution in [2.45, 2.75) is 12.3 Å². The van der Waals surface area contributed by atoms with E-state index in [0.29, 0.717) is 45.3 Å². The third-order valence-electron chi connectivity index (χ3n) is 4.17. The molecule has 0 bridgehead atoms. The predicted molar refractivity (Wildman–Crippen MR) is 113 cm³/mol. The van der Waals surface area contributed by atoms with Gasteiger partial charge >= 0.3 is 0 Å². The van der Waals surface area contributed by atoms with Gasteiger partial charge in [-0.2, -0.15) is 0 Å². The van der Waals surface area contributed by atoms with E-state index in [-0.39, 0.29) is 12.7 Å². The first-order valence-corrected chi connectivity index (χ1v) is 10.6. The number of nitrogens with zero attached hydrogens (tertiary/aromatic N) is 1. The fourth-order valence-electron chi connectivity index (χ4n) is 2.75. The van der Waals surface area contributed by atoms with Gasteiger partial charge in [-0.05, 0) is 35.9 Å². The van der Waals surface area contributed by atoms with E-state index in [4.69, 9.17) is 37.2 Å². The van der Waals surface area contributed by atoms with E-state index in [1.54, 1.807) is 18.2 Å². The summed E-state index contributed by atoms with van der Waals surface area (Å²) in [5.41, 5.74) is 2.33. The minimum atomic E-state index is -0.0619. The van der Waals surface area contributed by atoms with Gasteiger partial charge in [0.1, 0.15) is 11.5 Å². The topological polar surface area (TPSA) is 73.6 Å². The molecule has 1 aliphatic rings. The number of halogens is 2. The van der Waals surface area contributed by atoms with Crippen LogP contribution in [0, 0.1) is 0 Å². The highest BCUT2D eigenvalue weighted by molar-refractivity contribution is 7.99. The van der Waals surface area contributed by atoms with Crippen molar-refractivity contribution in [2.24, 2.45) is 0 Å². The zero-order chi connectivity index (χ0) is 20.2. The SMILES string of the molecule is O=C(CSCc1cc(-c2ccc(Cl)cc2Cl)no1)NCc1ccc2c(c1)OCO2. The van der Waals surface area contributed by atoms with Crippen molar-refractivity contribution >= 4 is 40.9 Å². The summed E-state index contributed by atoms with van der Waals surface area (Å²) in [6, 6.07) is 12.6. The van der Waals surface area contributed by atoms with Gasteiger partial charge in [0.15, 0.2) is 11.5 Å². The van der Waals surface area contributed by atoms with Gasteiger partial charge in [0.25, 0.3) is 0 Å². The van der Waals surface area contributed by atoms with E-state index in [2.05, 4.69) is 10.5 Å². The second-order valence-corrected chi connectivity index (χ2v) is 8.09. The normalized spacial score (nSPS) is 12.2. The number of nitrogens with one attached hydrogen (secondary N) is 1. The molecule has 4 rings (SSSR count). The zero-order valence-electron chi connectivity index (χ0n) is 15.1. The number of hydrogen-bond acceptors (Lipinski definition) is 6. The molecule has 1 N–H and O–H groups in total. The van der Waals surface area contributed by atoms with Gasteiger partial charge in [-0.15, -0.1) is 11.8 Å². The lowest BCUT2D eigenvalue weighted by atomic mass is 10.1. The Kier molecular flexibility index (Phi) is 6.18. The average Bonchev–Trinajstić information content (AvgIpc) is 3.35. The first-order chi connectivity index (χ1) is 14.1. The Hall–Kier alpha value is -2.35. The molecule has 0 atom stereocenters. The summed E-state index contributed by atoms with van der Waals surface area (Å²) < 4.78 is 16.0. The third-order valence-corrected chi connectivity index (χ3v) is 5.67. The molecule has 0 saturated carbocycles. The van der Waals surface area contributed by atoms with Gasteiger partial charge in [0.05, 0.1) is 16.5 Å². The van der Waals surface area contributed by atoms with Crippen molar-refractivity contribution in [2.75, 3.05) is 12.5 Å². The maximum atomic E-state index is 12.1. The Labute approximate surface area is 181 Å². The van der Waals surface area contributed by atoms with E-state index >= 15 is 0 Å². The van der Waals surface area contributed by atoms with Crippen LogP contribution in [0.2, 0.25) is 10.0 Å². The van der Waals surface area contributed by atoms with Crippen LogP contribution < -0.4 is 14.8 Å². The van der Waals surface area contributed by atoms with Gasteiger partial charge in [0, 0.05) is 23.2 Å². The summed E-state index contributed by atoms with van der Waals surface area (Å²) in [4.78, 5) is 12.1. The van der Waals surface area contributed by atoms with Gasteiger partial charge < -0.3 is 19.3 Å². The number of carbonyl (C=O) groups is 1. The molecular formula is C20H16Cl2N2O4S. The van der Waals surface area contributed by atoms with Gasteiger partial charge in [-0.3, -0.25) is 4.79 Å². The number of rotatable bonds is 7. The number of ether oxygens (including phenoxy) is 2. The predicted octanol–water partition coefficient (Wildman–Crippen LogP) is 4.93. The number of benzene rings is 2. The molecule has 0 saturated heterocycles. The minimum Gasteiger partial charge on any atom is -0.454 e. The summed E-state index contributed by atoms with van der Waals surface area (Å²) in [7, 11) is 0. The molecule has 2 heterocycles. The van der Waals surface area contributed by atoms with Crippen molar-refractivity contribution in [3.63, 3.8) is 0 Å². The number of carbonyl (C=O) groups excluding carboxylic acids is 1. The van der Waals surface area contributed by atoms with Crippen molar-refractivity contribution in [1.82, 2.24) is 10.5 Å². The molecule has 9 heteroatoms. The lowest BCUT2D eigenvalue weighted by Gasteiger charge is -2.06. The lowest BCUT2D eigenvalue weighted by Crippen LogP contribution is -2.24. The molecule has 6 nitrogen and oxygen atoms in total. The number of thioether (sulfide) groups is 1. The molecule has 29 heavy (non-hydrogen) atoms. The van der Waals surface area contributed by atoms with Crippen LogP contribution in [0.5, 0.6) is 11.5 Å². The second-order valence-electron chi connectivity index (χ2n) is 6.26. The second kappa shape index (κ2) is 8.98. The number of aromatic nitrogens is 1. The Bertz CT molecular complexity index is 1040. The van der Waals surface area contributed by atoms with Crippen LogP contribution in [0.25, 0.3) is 11.3 Å². The maximum absolute atomic E-state index is 12.1. The van der Waals surface area contributed by atoms with Crippen LogP contribution in [0.4, 0.5) is 0 Å². The van der Waals surface area contributed by atoms with Crippen LogP contribution >= 0.6 is 35.0 Å². The van der Waals surface area contributed by atoms with Crippen LogP contribution in [0.3, 0.4) is 0 Å². The minimum absolute atomic E-state index is 0.0619. The fourth-order valence-corrected chi connectivity index (χ4v) is 3.98. The van der Waals surface area contributed by atoms with Crippen LogP contribution in [0.15, 0.2) is 47.0 Å². The molecule has 1 aromatic heterocycles. The van der Waals surface area contributed by atoms with Crippen molar-refractivity contribution in [1.29, 1.82) is 0 Å². The van der Waals surface area contributed by atoms with Crippen molar-refractivity contribution in [3.8, 4) is 22.8 Å². The molecule has 150 valence electrons. The fraction of sp³-hybridized carbons (Fsp3) is 0.200. The molecule has 3 aromatic rings. The van der Waals surface area contributed by atoms with Crippen LogP contribution in [-0.2, 0) is 17.1 Å². The summed E-state index contributed by atoms with van der Waals surface area (Å²) in [6.07, 6.45) is 0. The third kappa shape index (κ3) is 4.98. The first-order valence-electron chi connectivity index (χ1n) is 8.72. The highest BCUT2D eigenvalue weighted by atomic mass is 35.5. The van der Waals surface area contributed by atoms with Gasteiger partial charge in [-0.25, -0.2) is 0 Å². The molecule has 1 aliphatic heterocycles. The number of fused-ring (bicyclic) bond motifs is 1. The number of amides is 1. The Morgan fingerprint density at radius 3 is 2.83 bits per heavy atom. The van der Waals surface area contributed by atoms with Crippen LogP contribution in [0.1, 0.15) is 11.3 Å².